The van der Waals surface area contributed by atoms with Crippen LogP contribution >= 0.6 is 11.6 Å². The van der Waals surface area contributed by atoms with Crippen molar-refractivity contribution in [1.29, 1.82) is 5.53 Å². The largest absolute Gasteiger partial charge is 0.343 e. The third kappa shape index (κ3) is 3.15. The first kappa shape index (κ1) is 14.9. The number of benzene rings is 1. The summed E-state index contributed by atoms with van der Waals surface area (Å²) in [5.41, 5.74) is 7.77. The van der Waals surface area contributed by atoms with Gasteiger partial charge in [-0.05, 0) is 30.9 Å². The van der Waals surface area contributed by atoms with Crippen LogP contribution in [0.5, 0.6) is 0 Å². The van der Waals surface area contributed by atoms with Gasteiger partial charge < -0.3 is 4.90 Å². The van der Waals surface area contributed by atoms with Gasteiger partial charge in [-0.2, -0.15) is 5.11 Å². The molecule has 1 aromatic rings. The van der Waals surface area contributed by atoms with Gasteiger partial charge in [-0.25, -0.2) is 9.92 Å². The van der Waals surface area contributed by atoms with Crippen molar-refractivity contribution in [2.24, 2.45) is 11.0 Å². The molecule has 1 heterocycles. The number of rotatable bonds is 3. The van der Waals surface area contributed by atoms with Crippen LogP contribution in [0.25, 0.3) is 0 Å². The predicted molar refractivity (Wildman–Crippen MR) is 74.3 cm³/mol. The molecule has 0 saturated carbocycles. The molecule has 1 N–H and O–H groups in total. The van der Waals surface area contributed by atoms with E-state index >= 15 is 0 Å². The maximum Gasteiger partial charge on any atom is 0.219 e. The molecule has 0 radical (unpaired) electrons. The Morgan fingerprint density at radius 1 is 1.50 bits per heavy atom. The molecule has 1 fully saturated rings. The summed E-state index contributed by atoms with van der Waals surface area (Å²) < 4.78 is 14.0. The summed E-state index contributed by atoms with van der Waals surface area (Å²) in [4.78, 5) is 13.1. The van der Waals surface area contributed by atoms with Gasteiger partial charge in [0, 0.05) is 30.6 Å². The van der Waals surface area contributed by atoms with Gasteiger partial charge in [-0.15, -0.1) is 0 Å². The zero-order chi connectivity index (χ0) is 14.7. The van der Waals surface area contributed by atoms with Crippen LogP contribution in [0.2, 0.25) is 5.02 Å². The maximum atomic E-state index is 14.0. The number of halogens is 2. The summed E-state index contributed by atoms with van der Waals surface area (Å²) in [7, 11) is 0. The topological polar surface area (TPSA) is 56.5 Å². The zero-order valence-electron chi connectivity index (χ0n) is 11.3. The fraction of sp³-hybridized carbons (Fsp3) is 0.500. The van der Waals surface area contributed by atoms with Crippen LogP contribution in [0, 0.1) is 17.3 Å². The number of carbonyl (C=O) groups excluding carboxylic acids is 1. The van der Waals surface area contributed by atoms with E-state index in [1.165, 1.54) is 6.07 Å². The van der Waals surface area contributed by atoms with Crippen LogP contribution < -0.4 is 0 Å². The first-order chi connectivity index (χ1) is 9.52. The molecule has 1 unspecified atom stereocenters. The first-order valence-corrected chi connectivity index (χ1v) is 6.97. The Hall–Kier alpha value is -1.49. The van der Waals surface area contributed by atoms with E-state index in [1.807, 2.05) is 0 Å². The molecule has 2 rings (SSSR count). The van der Waals surface area contributed by atoms with Crippen molar-refractivity contribution >= 4 is 17.5 Å². The van der Waals surface area contributed by atoms with Crippen molar-refractivity contribution in [3.05, 3.63) is 34.6 Å². The molecule has 108 valence electrons. The van der Waals surface area contributed by atoms with E-state index in [1.54, 1.807) is 24.0 Å². The lowest BCUT2D eigenvalue weighted by Crippen LogP contribution is -2.38. The van der Waals surface area contributed by atoms with Crippen LogP contribution in [0.3, 0.4) is 0 Å². The van der Waals surface area contributed by atoms with E-state index in [9.17, 15) is 9.18 Å². The molecule has 1 saturated heterocycles. The van der Waals surface area contributed by atoms with E-state index in [0.717, 1.165) is 12.8 Å². The molecule has 4 nitrogen and oxygen atoms in total. The van der Waals surface area contributed by atoms with Crippen molar-refractivity contribution in [2.45, 2.75) is 25.8 Å². The number of likely N-dealkylation sites (tertiary alicyclic amines) is 1. The van der Waals surface area contributed by atoms with Crippen LogP contribution in [-0.2, 0) is 4.79 Å². The van der Waals surface area contributed by atoms with Crippen LogP contribution in [0.1, 0.15) is 31.4 Å². The number of hydrogen-bond donors (Lipinski definition) is 1. The van der Waals surface area contributed by atoms with E-state index < -0.39 is 11.9 Å². The quantitative estimate of drug-likeness (QED) is 0.847. The third-order valence-corrected chi connectivity index (χ3v) is 4.09. The molecule has 6 heteroatoms. The molecule has 0 spiro atoms. The summed E-state index contributed by atoms with van der Waals surface area (Å²) in [6.45, 7) is 2.83. The lowest BCUT2D eigenvalue weighted by molar-refractivity contribution is -0.130. The molecule has 0 aliphatic carbocycles. The second-order valence-electron chi connectivity index (χ2n) is 5.08. The number of amides is 1. The van der Waals surface area contributed by atoms with Gasteiger partial charge in [0.2, 0.25) is 5.91 Å². The van der Waals surface area contributed by atoms with Crippen LogP contribution in [0.4, 0.5) is 4.39 Å². The Balaban J connectivity index is 2.13. The number of hydrogen-bond acceptors (Lipinski definition) is 3. The average molecular weight is 298 g/mol. The van der Waals surface area contributed by atoms with Crippen LogP contribution in [-0.4, -0.2) is 23.9 Å². The second kappa shape index (κ2) is 6.31. The summed E-state index contributed by atoms with van der Waals surface area (Å²) in [5, 5.41) is 3.94. The molecule has 0 bridgehead atoms. The van der Waals surface area contributed by atoms with Gasteiger partial charge in [0.05, 0.1) is 0 Å². The molecular weight excluding hydrogens is 281 g/mol. The Labute approximate surface area is 122 Å². The van der Waals surface area contributed by atoms with Crippen molar-refractivity contribution in [2.75, 3.05) is 13.1 Å². The van der Waals surface area contributed by atoms with Crippen molar-refractivity contribution in [3.63, 3.8) is 0 Å². The van der Waals surface area contributed by atoms with Gasteiger partial charge in [0.1, 0.15) is 11.9 Å². The van der Waals surface area contributed by atoms with E-state index in [0.29, 0.717) is 23.7 Å². The molecule has 1 amide bonds. The second-order valence-corrected chi connectivity index (χ2v) is 5.52. The molecular formula is C14H17ClFN3O. The smallest absolute Gasteiger partial charge is 0.219 e. The average Bonchev–Trinajstić information content (AvgIpc) is 2.42. The van der Waals surface area contributed by atoms with E-state index in [2.05, 4.69) is 5.11 Å². The first-order valence-electron chi connectivity index (χ1n) is 6.60. The summed E-state index contributed by atoms with van der Waals surface area (Å²) in [6, 6.07) is 3.96. The monoisotopic (exact) mass is 297 g/mol. The van der Waals surface area contributed by atoms with Gasteiger partial charge in [0.15, 0.2) is 0 Å². The highest BCUT2D eigenvalue weighted by Gasteiger charge is 2.30. The Morgan fingerprint density at radius 2 is 2.15 bits per heavy atom. The fourth-order valence-corrected chi connectivity index (χ4v) is 2.86. The highest BCUT2D eigenvalue weighted by Crippen LogP contribution is 2.35. The van der Waals surface area contributed by atoms with Crippen molar-refractivity contribution in [1.82, 2.24) is 4.90 Å². The van der Waals surface area contributed by atoms with Gasteiger partial charge in [-0.1, -0.05) is 17.7 Å². The SMILES string of the molecule is CC(=O)N1CCC(C(N=N)c2ccc(Cl)cc2F)CC1. The number of piperidine rings is 1. The molecule has 1 aliphatic heterocycles. The molecule has 1 aromatic carbocycles. The highest BCUT2D eigenvalue weighted by molar-refractivity contribution is 6.30. The van der Waals surface area contributed by atoms with Gasteiger partial charge in [-0.3, -0.25) is 4.79 Å². The van der Waals surface area contributed by atoms with Gasteiger partial charge >= 0.3 is 0 Å². The normalized spacial score (nSPS) is 17.9. The van der Waals surface area contributed by atoms with Crippen molar-refractivity contribution in [3.8, 4) is 0 Å². The summed E-state index contributed by atoms with van der Waals surface area (Å²) in [5.74, 6) is -0.285. The minimum atomic E-state index is -0.499. The minimum absolute atomic E-state index is 0.0560. The number of nitrogens with zero attached hydrogens (tertiary/aromatic N) is 2. The minimum Gasteiger partial charge on any atom is -0.343 e. The fourth-order valence-electron chi connectivity index (χ4n) is 2.70. The summed E-state index contributed by atoms with van der Waals surface area (Å²) in [6.07, 6.45) is 1.46. The Kier molecular flexibility index (Phi) is 4.70. The Morgan fingerprint density at radius 3 is 2.65 bits per heavy atom. The zero-order valence-corrected chi connectivity index (χ0v) is 12.0. The maximum absolute atomic E-state index is 14.0. The number of nitrogens with one attached hydrogen (secondary N) is 1. The number of carbonyl (C=O) groups is 1. The molecule has 20 heavy (non-hydrogen) atoms. The predicted octanol–water partition coefficient (Wildman–Crippen LogP) is 3.81. The van der Waals surface area contributed by atoms with E-state index in [4.69, 9.17) is 17.1 Å². The third-order valence-electron chi connectivity index (χ3n) is 3.85. The summed E-state index contributed by atoms with van der Waals surface area (Å²) >= 11 is 5.74. The highest BCUT2D eigenvalue weighted by atomic mass is 35.5. The molecule has 0 aromatic heterocycles. The van der Waals surface area contributed by atoms with Crippen LogP contribution in [0.15, 0.2) is 23.3 Å². The van der Waals surface area contributed by atoms with Crippen molar-refractivity contribution < 1.29 is 9.18 Å². The lowest BCUT2D eigenvalue weighted by Gasteiger charge is -2.33. The standard InChI is InChI=1S/C14H17ClFN3O/c1-9(20)19-6-4-10(5-7-19)14(18-17)12-3-2-11(15)8-13(12)16/h2-3,8,10,14,17H,4-7H2,1H3. The lowest BCUT2D eigenvalue weighted by atomic mass is 9.85. The molecule has 1 aliphatic rings. The van der Waals surface area contributed by atoms with Gasteiger partial charge in [0.25, 0.3) is 0 Å². The van der Waals surface area contributed by atoms with E-state index in [-0.39, 0.29) is 11.8 Å². The molecule has 1 atom stereocenters. The Bertz CT molecular complexity index is 515.